The van der Waals surface area contributed by atoms with E-state index in [9.17, 15) is 4.79 Å². The zero-order valence-electron chi connectivity index (χ0n) is 18.6. The van der Waals surface area contributed by atoms with Crippen molar-refractivity contribution >= 4 is 41.5 Å². The topological polar surface area (TPSA) is 60.0 Å². The molecule has 3 rings (SSSR count). The van der Waals surface area contributed by atoms with Gasteiger partial charge in [0.2, 0.25) is 5.91 Å². The molecule has 6 nitrogen and oxygen atoms in total. The number of carbonyl (C=O) groups is 1. The zero-order valence-corrected chi connectivity index (χ0v) is 20.9. The average molecular weight is 527 g/mol. The molecule has 2 aliphatic rings. The molecule has 168 valence electrons. The SMILES string of the molecule is CCNC(=NCc1ccc2c(c1)CCCN2C)NCCCN1CCCCCC1=O.I. The fourth-order valence-corrected chi connectivity index (χ4v) is 4.20. The zero-order chi connectivity index (χ0) is 20.5. The lowest BCUT2D eigenvalue weighted by Crippen LogP contribution is -2.39. The third-order valence-electron chi connectivity index (χ3n) is 5.83. The van der Waals surface area contributed by atoms with Gasteiger partial charge in [-0.15, -0.1) is 24.0 Å². The van der Waals surface area contributed by atoms with Crippen molar-refractivity contribution in [3.05, 3.63) is 29.3 Å². The van der Waals surface area contributed by atoms with Gasteiger partial charge in [-0.2, -0.15) is 0 Å². The smallest absolute Gasteiger partial charge is 0.222 e. The number of aliphatic imine (C=N–C) groups is 1. The number of nitrogens with one attached hydrogen (secondary N) is 2. The first kappa shape index (κ1) is 24.8. The van der Waals surface area contributed by atoms with Crippen LogP contribution in [0.1, 0.15) is 56.6 Å². The molecule has 2 aliphatic heterocycles. The van der Waals surface area contributed by atoms with E-state index in [2.05, 4.69) is 47.7 Å². The Kier molecular flexibility index (Phi) is 10.7. The van der Waals surface area contributed by atoms with Gasteiger partial charge in [-0.25, -0.2) is 4.99 Å². The lowest BCUT2D eigenvalue weighted by atomic mass is 10.00. The minimum absolute atomic E-state index is 0. The molecular formula is C23H38IN5O. The Morgan fingerprint density at radius 1 is 1.10 bits per heavy atom. The van der Waals surface area contributed by atoms with Gasteiger partial charge in [0.25, 0.3) is 0 Å². The molecule has 0 aliphatic carbocycles. The van der Waals surface area contributed by atoms with Gasteiger partial charge in [0.05, 0.1) is 6.54 Å². The van der Waals surface area contributed by atoms with Crippen LogP contribution in [0.25, 0.3) is 0 Å². The largest absolute Gasteiger partial charge is 0.374 e. The number of fused-ring (bicyclic) bond motifs is 1. The van der Waals surface area contributed by atoms with Crippen molar-refractivity contribution < 1.29 is 4.79 Å². The van der Waals surface area contributed by atoms with E-state index >= 15 is 0 Å². The second-order valence-electron chi connectivity index (χ2n) is 8.16. The first-order chi connectivity index (χ1) is 14.2. The highest BCUT2D eigenvalue weighted by atomic mass is 127. The molecule has 1 aromatic carbocycles. The predicted octanol–water partition coefficient (Wildman–Crippen LogP) is 3.53. The van der Waals surface area contributed by atoms with Crippen molar-refractivity contribution in [3.8, 4) is 0 Å². The summed E-state index contributed by atoms with van der Waals surface area (Å²) in [6.07, 6.45) is 7.40. The molecule has 1 saturated heterocycles. The standard InChI is InChI=1S/C23H37N5O.HI/c1-3-24-23(25-13-8-16-28-15-6-4-5-10-22(28)29)26-18-19-11-12-21-20(17-19)9-7-14-27(21)2;/h11-12,17H,3-10,13-16,18H2,1-2H3,(H2,24,25,26);1H. The van der Waals surface area contributed by atoms with E-state index in [1.807, 2.05) is 4.90 Å². The number of benzene rings is 1. The highest BCUT2D eigenvalue weighted by Gasteiger charge is 2.16. The Morgan fingerprint density at radius 2 is 1.97 bits per heavy atom. The predicted molar refractivity (Wildman–Crippen MR) is 136 cm³/mol. The number of hydrogen-bond acceptors (Lipinski definition) is 3. The van der Waals surface area contributed by atoms with Crippen LogP contribution in [-0.2, 0) is 17.8 Å². The second-order valence-corrected chi connectivity index (χ2v) is 8.16. The van der Waals surface area contributed by atoms with Crippen LogP contribution in [0.15, 0.2) is 23.2 Å². The van der Waals surface area contributed by atoms with Gasteiger partial charge in [-0.05, 0) is 56.2 Å². The molecule has 0 unspecified atom stereocenters. The first-order valence-electron chi connectivity index (χ1n) is 11.3. The Hall–Kier alpha value is -1.51. The average Bonchev–Trinajstić information content (AvgIpc) is 2.93. The van der Waals surface area contributed by atoms with Crippen molar-refractivity contribution in [3.63, 3.8) is 0 Å². The van der Waals surface area contributed by atoms with Gasteiger partial charge < -0.3 is 20.4 Å². The highest BCUT2D eigenvalue weighted by Crippen LogP contribution is 2.26. The molecule has 1 aromatic rings. The van der Waals surface area contributed by atoms with Crippen LogP contribution in [0.3, 0.4) is 0 Å². The lowest BCUT2D eigenvalue weighted by molar-refractivity contribution is -0.130. The van der Waals surface area contributed by atoms with Gasteiger partial charge in [-0.3, -0.25) is 4.79 Å². The molecule has 0 radical (unpaired) electrons. The second kappa shape index (κ2) is 13.0. The Bertz CT molecular complexity index is 709. The maximum Gasteiger partial charge on any atom is 0.222 e. The van der Waals surface area contributed by atoms with Crippen LogP contribution in [0.4, 0.5) is 5.69 Å². The van der Waals surface area contributed by atoms with E-state index in [4.69, 9.17) is 4.99 Å². The molecule has 1 fully saturated rings. The maximum absolute atomic E-state index is 12.1. The molecule has 1 amide bonds. The molecule has 0 saturated carbocycles. The third-order valence-corrected chi connectivity index (χ3v) is 5.83. The maximum atomic E-state index is 12.1. The van der Waals surface area contributed by atoms with Gasteiger partial charge in [0, 0.05) is 51.9 Å². The van der Waals surface area contributed by atoms with Crippen LogP contribution >= 0.6 is 24.0 Å². The van der Waals surface area contributed by atoms with Crippen LogP contribution in [-0.4, -0.2) is 56.5 Å². The Labute approximate surface area is 198 Å². The molecule has 2 heterocycles. The van der Waals surface area contributed by atoms with E-state index in [0.717, 1.165) is 64.4 Å². The van der Waals surface area contributed by atoms with Gasteiger partial charge in [0.1, 0.15) is 0 Å². The fraction of sp³-hybridized carbons (Fsp3) is 0.652. The third kappa shape index (κ3) is 7.32. The van der Waals surface area contributed by atoms with Crippen LogP contribution < -0.4 is 15.5 Å². The molecule has 30 heavy (non-hydrogen) atoms. The molecule has 0 aromatic heterocycles. The summed E-state index contributed by atoms with van der Waals surface area (Å²) < 4.78 is 0. The van der Waals surface area contributed by atoms with Crippen molar-refractivity contribution in [1.29, 1.82) is 0 Å². The van der Waals surface area contributed by atoms with E-state index in [1.165, 1.54) is 29.7 Å². The van der Waals surface area contributed by atoms with Crippen molar-refractivity contribution in [2.45, 2.75) is 58.4 Å². The molecular weight excluding hydrogens is 489 g/mol. The van der Waals surface area contributed by atoms with Crippen molar-refractivity contribution in [1.82, 2.24) is 15.5 Å². The molecule has 0 atom stereocenters. The molecule has 0 spiro atoms. The number of amides is 1. The van der Waals surface area contributed by atoms with Crippen LogP contribution in [0, 0.1) is 0 Å². The quantitative estimate of drug-likeness (QED) is 0.247. The van der Waals surface area contributed by atoms with E-state index < -0.39 is 0 Å². The normalized spacial score (nSPS) is 17.1. The van der Waals surface area contributed by atoms with Crippen molar-refractivity contribution in [2.75, 3.05) is 44.7 Å². The van der Waals surface area contributed by atoms with Crippen LogP contribution in [0.5, 0.6) is 0 Å². The summed E-state index contributed by atoms with van der Waals surface area (Å²) in [5.74, 6) is 1.17. The summed E-state index contributed by atoms with van der Waals surface area (Å²) in [4.78, 5) is 21.2. The van der Waals surface area contributed by atoms with E-state index in [1.54, 1.807) is 0 Å². The minimum atomic E-state index is 0. The number of aryl methyl sites for hydroxylation is 1. The number of nitrogens with zero attached hydrogens (tertiary/aromatic N) is 3. The first-order valence-corrected chi connectivity index (χ1v) is 11.3. The number of likely N-dealkylation sites (tertiary alicyclic amines) is 1. The Balaban J connectivity index is 0.00000320. The van der Waals surface area contributed by atoms with Gasteiger partial charge >= 0.3 is 0 Å². The van der Waals surface area contributed by atoms with Gasteiger partial charge in [0.15, 0.2) is 5.96 Å². The summed E-state index contributed by atoms with van der Waals surface area (Å²) >= 11 is 0. The summed E-state index contributed by atoms with van der Waals surface area (Å²) in [6, 6.07) is 6.74. The number of rotatable bonds is 7. The number of hydrogen-bond donors (Lipinski definition) is 2. The summed E-state index contributed by atoms with van der Waals surface area (Å²) in [5.41, 5.74) is 4.05. The fourth-order valence-electron chi connectivity index (χ4n) is 4.20. The van der Waals surface area contributed by atoms with E-state index in [-0.39, 0.29) is 24.0 Å². The summed E-state index contributed by atoms with van der Waals surface area (Å²) in [7, 11) is 2.17. The number of carbonyl (C=O) groups excluding carboxylic acids is 1. The highest BCUT2D eigenvalue weighted by molar-refractivity contribution is 14.0. The summed E-state index contributed by atoms with van der Waals surface area (Å²) in [6.45, 7) is 7.32. The van der Waals surface area contributed by atoms with Crippen LogP contribution in [0.2, 0.25) is 0 Å². The molecule has 0 bridgehead atoms. The lowest BCUT2D eigenvalue weighted by Gasteiger charge is -2.27. The van der Waals surface area contributed by atoms with Gasteiger partial charge in [-0.1, -0.05) is 18.6 Å². The monoisotopic (exact) mass is 527 g/mol. The number of halogens is 1. The number of anilines is 1. The molecule has 7 heteroatoms. The molecule has 2 N–H and O–H groups in total. The Morgan fingerprint density at radius 3 is 2.80 bits per heavy atom. The minimum Gasteiger partial charge on any atom is -0.374 e. The van der Waals surface area contributed by atoms with Crippen molar-refractivity contribution in [2.24, 2.45) is 4.99 Å². The number of guanidine groups is 1. The van der Waals surface area contributed by atoms with E-state index in [0.29, 0.717) is 18.9 Å². The summed E-state index contributed by atoms with van der Waals surface area (Å²) in [5, 5.41) is 6.75.